The third kappa shape index (κ3) is 7.71. The number of halogens is 1. The molecule has 2 aliphatic heterocycles. The number of hydrogen-bond donors (Lipinski definition) is 0. The molecule has 1 atom stereocenters. The van der Waals surface area contributed by atoms with Crippen LogP contribution in [0.4, 0.5) is 11.4 Å². The number of carbonyl (C=O) groups excluding carboxylic acids is 3. The average molecular weight is 857 g/mol. The summed E-state index contributed by atoms with van der Waals surface area (Å²) >= 11 is 7.71. The zero-order chi connectivity index (χ0) is 41.4. The Balaban J connectivity index is 1.03. The van der Waals surface area contributed by atoms with Crippen molar-refractivity contribution in [2.24, 2.45) is 0 Å². The first-order valence-corrected chi connectivity index (χ1v) is 22.3. The van der Waals surface area contributed by atoms with Crippen LogP contribution in [0.15, 0.2) is 133 Å². The number of phosphoric acid groups is 1. The van der Waals surface area contributed by atoms with Crippen molar-refractivity contribution in [1.82, 2.24) is 0 Å². The van der Waals surface area contributed by atoms with Gasteiger partial charge in [-0.3, -0.25) is 23.4 Å². The molecular weight excluding hydrogens is 819 g/mol. The van der Waals surface area contributed by atoms with E-state index in [2.05, 4.69) is 0 Å². The van der Waals surface area contributed by atoms with E-state index in [-0.39, 0.29) is 49.1 Å². The van der Waals surface area contributed by atoms with Gasteiger partial charge in [-0.1, -0.05) is 109 Å². The minimum atomic E-state index is -4.29. The van der Waals surface area contributed by atoms with Gasteiger partial charge in [0.25, 0.3) is 11.8 Å². The summed E-state index contributed by atoms with van der Waals surface area (Å²) < 4.78 is 38.5. The lowest BCUT2D eigenvalue weighted by atomic mass is 9.95. The topological polar surface area (TPSA) is 112 Å². The van der Waals surface area contributed by atoms with Gasteiger partial charge in [0.1, 0.15) is 11.5 Å². The average Bonchev–Trinajstić information content (AvgIpc) is 4.04. The number of anilines is 2. The number of nitrogens with zero attached hydrogens (tertiary/aromatic N) is 2. The third-order valence-corrected chi connectivity index (χ3v) is 13.5. The third-order valence-electron chi connectivity index (χ3n) is 10.7. The van der Waals surface area contributed by atoms with Gasteiger partial charge >= 0.3 is 13.8 Å². The van der Waals surface area contributed by atoms with Gasteiger partial charge < -0.3 is 19.1 Å². The van der Waals surface area contributed by atoms with Crippen molar-refractivity contribution in [3.63, 3.8) is 0 Å². The van der Waals surface area contributed by atoms with Crippen LogP contribution in [0.1, 0.15) is 54.4 Å². The summed E-state index contributed by atoms with van der Waals surface area (Å²) in [6, 6.07) is 40.7. The first-order chi connectivity index (χ1) is 29.2. The fourth-order valence-corrected chi connectivity index (χ4v) is 10.3. The van der Waals surface area contributed by atoms with Crippen LogP contribution < -0.4 is 19.1 Å². The number of benzene rings is 6. The van der Waals surface area contributed by atoms with Crippen molar-refractivity contribution in [3.05, 3.63) is 165 Å². The number of amides is 2. The number of hydrogen-bond acceptors (Lipinski definition) is 9. The maximum absolute atomic E-state index is 14.6. The van der Waals surface area contributed by atoms with Gasteiger partial charge in [0.2, 0.25) is 0 Å². The molecular formula is C47H38ClN2O8PS. The normalized spacial score (nSPS) is 14.7. The molecule has 0 N–H and O–H groups in total. The number of ether oxygens (including phenoxy) is 1. The summed E-state index contributed by atoms with van der Waals surface area (Å²) in [7, 11) is -4.29. The molecule has 13 heteroatoms. The monoisotopic (exact) mass is 856 g/mol. The van der Waals surface area contributed by atoms with E-state index in [1.807, 2.05) is 109 Å². The lowest BCUT2D eigenvalue weighted by Crippen LogP contribution is -2.29. The fraction of sp³-hybridized carbons (Fsp3) is 0.170. The molecule has 9 rings (SSSR count). The van der Waals surface area contributed by atoms with Crippen LogP contribution >= 0.6 is 30.8 Å². The molecule has 3 heterocycles. The summed E-state index contributed by atoms with van der Waals surface area (Å²) in [5.74, 6) is -0.398. The Kier molecular flexibility index (Phi) is 11.0. The number of phosphoric ester groups is 1. The van der Waals surface area contributed by atoms with Gasteiger partial charge in [-0.25, -0.2) is 4.57 Å². The van der Waals surface area contributed by atoms with Crippen molar-refractivity contribution >= 4 is 81.5 Å². The number of alkyl halides is 1. The van der Waals surface area contributed by atoms with E-state index >= 15 is 0 Å². The van der Waals surface area contributed by atoms with Crippen molar-refractivity contribution < 1.29 is 37.3 Å². The molecule has 2 amide bonds. The molecule has 0 aliphatic carbocycles. The number of esters is 1. The van der Waals surface area contributed by atoms with E-state index in [1.165, 1.54) is 6.92 Å². The Morgan fingerprint density at radius 2 is 1.22 bits per heavy atom. The Bertz CT molecular complexity index is 2790. The van der Waals surface area contributed by atoms with Gasteiger partial charge in [-0.2, -0.15) is 0 Å². The molecule has 7 aromatic rings. The highest BCUT2D eigenvalue weighted by Crippen LogP contribution is 2.55. The second-order valence-corrected chi connectivity index (χ2v) is 17.5. The van der Waals surface area contributed by atoms with Gasteiger partial charge in [-0.05, 0) is 51.6 Å². The van der Waals surface area contributed by atoms with Crippen molar-refractivity contribution in [3.8, 4) is 11.5 Å². The Morgan fingerprint density at radius 3 is 1.82 bits per heavy atom. The molecule has 0 saturated carbocycles. The van der Waals surface area contributed by atoms with E-state index in [4.69, 9.17) is 29.9 Å². The van der Waals surface area contributed by atoms with E-state index in [1.54, 1.807) is 34.1 Å². The molecule has 302 valence electrons. The van der Waals surface area contributed by atoms with Gasteiger partial charge in [0, 0.05) is 54.7 Å². The summed E-state index contributed by atoms with van der Waals surface area (Å²) in [5, 5.41) is 3.17. The van der Waals surface area contributed by atoms with E-state index in [0.717, 1.165) is 49.7 Å². The summed E-state index contributed by atoms with van der Waals surface area (Å²) in [6.07, 6.45) is 0.628. The molecule has 0 unspecified atom stereocenters. The minimum absolute atomic E-state index is 0.0267. The number of thiophene rings is 1. The van der Waals surface area contributed by atoms with E-state index in [9.17, 15) is 18.9 Å². The van der Waals surface area contributed by atoms with Crippen LogP contribution in [0, 0.1) is 0 Å². The fourth-order valence-electron chi connectivity index (χ4n) is 7.99. The van der Waals surface area contributed by atoms with Gasteiger partial charge in [0.15, 0.2) is 0 Å². The van der Waals surface area contributed by atoms with Crippen LogP contribution in [-0.4, -0.2) is 36.8 Å². The standard InChI is InChI=1S/C47H38ClN2O8PS/c1-30(51)57-41-24-39-35(34-16-8-9-17-36(34)41)22-23-49(39)46(52)43-20-21-44(60-43)47(53)50-27-33(26-48)45-38-19-11-10-18-37(38)42(25-40(45)50)58-59(54,55-28-31-12-4-2-5-13-31)56-29-32-14-6-3-7-15-32/h2-21,24-25,33H,22-23,26-29H2,1H3/t33-/m1/s1. The predicted molar refractivity (Wildman–Crippen MR) is 235 cm³/mol. The number of carbonyl (C=O) groups is 3. The number of fused-ring (bicyclic) bond motifs is 6. The maximum atomic E-state index is 14.6. The molecule has 1 aromatic heterocycles. The second kappa shape index (κ2) is 16.7. The largest absolute Gasteiger partial charge is 0.530 e. The van der Waals surface area contributed by atoms with Crippen LogP contribution in [0.2, 0.25) is 0 Å². The van der Waals surface area contributed by atoms with Gasteiger partial charge in [-0.15, -0.1) is 22.9 Å². The van der Waals surface area contributed by atoms with Crippen LogP contribution in [0.5, 0.6) is 11.5 Å². The Morgan fingerprint density at radius 1 is 0.683 bits per heavy atom. The molecule has 0 bridgehead atoms. The summed E-state index contributed by atoms with van der Waals surface area (Å²) in [6.45, 7) is 2.01. The molecule has 0 saturated heterocycles. The van der Waals surface area contributed by atoms with Crippen LogP contribution in [0.25, 0.3) is 21.5 Å². The van der Waals surface area contributed by atoms with Crippen LogP contribution in [0.3, 0.4) is 0 Å². The maximum Gasteiger partial charge on any atom is 0.530 e. The smallest absolute Gasteiger partial charge is 0.426 e. The van der Waals surface area contributed by atoms with E-state index < -0.39 is 13.8 Å². The summed E-state index contributed by atoms with van der Waals surface area (Å²) in [5.41, 5.74) is 4.66. The highest BCUT2D eigenvalue weighted by molar-refractivity contribution is 7.48. The first-order valence-electron chi connectivity index (χ1n) is 19.4. The molecule has 6 aromatic carbocycles. The Hall–Kier alpha value is -5.81. The molecule has 2 aliphatic rings. The molecule has 60 heavy (non-hydrogen) atoms. The molecule has 0 fully saturated rings. The van der Waals surface area contributed by atoms with Gasteiger partial charge in [0.05, 0.1) is 34.3 Å². The lowest BCUT2D eigenvalue weighted by Gasteiger charge is -2.22. The molecule has 0 spiro atoms. The Labute approximate surface area is 355 Å². The predicted octanol–water partition coefficient (Wildman–Crippen LogP) is 11.1. The molecule has 0 radical (unpaired) electrons. The van der Waals surface area contributed by atoms with Crippen molar-refractivity contribution in [1.29, 1.82) is 0 Å². The highest BCUT2D eigenvalue weighted by atomic mass is 35.5. The molecule has 10 nitrogen and oxygen atoms in total. The zero-order valence-corrected chi connectivity index (χ0v) is 34.9. The minimum Gasteiger partial charge on any atom is -0.426 e. The quantitative estimate of drug-likeness (QED) is 0.0517. The second-order valence-electron chi connectivity index (χ2n) is 14.6. The number of rotatable bonds is 12. The lowest BCUT2D eigenvalue weighted by molar-refractivity contribution is -0.131. The highest BCUT2D eigenvalue weighted by Gasteiger charge is 2.38. The van der Waals surface area contributed by atoms with E-state index in [0.29, 0.717) is 45.2 Å². The summed E-state index contributed by atoms with van der Waals surface area (Å²) in [4.78, 5) is 44.8. The van der Waals surface area contributed by atoms with Crippen molar-refractivity contribution in [2.45, 2.75) is 32.5 Å². The SMILES string of the molecule is CC(=O)Oc1cc2c(c3ccccc13)CCN2C(=O)c1ccc(C(=O)N2C[C@@H](CCl)c3c2cc(OP(=O)(OCc2ccccc2)OCc2ccccc2)c2ccccc32)s1. The first kappa shape index (κ1) is 39.6. The zero-order valence-electron chi connectivity index (χ0n) is 32.4. The van der Waals surface area contributed by atoms with Crippen molar-refractivity contribution in [2.75, 3.05) is 28.8 Å². The van der Waals surface area contributed by atoms with Crippen LogP contribution in [-0.2, 0) is 38.0 Å².